The number of sulfone groups is 1. The zero-order valence-corrected chi connectivity index (χ0v) is 25.2. The predicted octanol–water partition coefficient (Wildman–Crippen LogP) is 4.95. The van der Waals surface area contributed by atoms with Gasteiger partial charge in [-0.15, -0.1) is 21.5 Å². The van der Waals surface area contributed by atoms with Gasteiger partial charge in [0.1, 0.15) is 5.01 Å². The van der Waals surface area contributed by atoms with Crippen LogP contribution in [0.3, 0.4) is 0 Å². The van der Waals surface area contributed by atoms with Gasteiger partial charge in [-0.3, -0.25) is 4.55 Å². The van der Waals surface area contributed by atoms with Gasteiger partial charge in [0.25, 0.3) is 0 Å². The number of nitrogens with zero attached hydrogens (tertiary/aromatic N) is 3. The molecule has 11 nitrogen and oxygen atoms in total. The van der Waals surface area contributed by atoms with Crippen LogP contribution in [-0.2, 0) is 50.9 Å². The third-order valence-electron chi connectivity index (χ3n) is 6.34. The number of rotatable bonds is 12. The third kappa shape index (κ3) is 7.55. The molecule has 0 spiro atoms. The number of methoxy groups -OCH3 is 1. The van der Waals surface area contributed by atoms with Crippen LogP contribution in [-0.4, -0.2) is 39.5 Å². The third-order valence-corrected chi connectivity index (χ3v) is 9.77. The van der Waals surface area contributed by atoms with Crippen molar-refractivity contribution in [1.82, 2.24) is 25.4 Å². The topological polar surface area (TPSA) is 157 Å². The standard InChI is InChI=1S/C27H24F3N5O6S3/c1-40-14-16-2-6-18(7-3-16)19-8-11-21-22(12-19)42-26(32-21)24(25-34-33-23(41-25)13-31-35-43(36)37)44(38,39)15-17-4-9-20(10-5-17)27(28,29)30/h2-12,24,31,35H,13-15H2,1H3,(H,36,37). The summed E-state index contributed by atoms with van der Waals surface area (Å²) in [6.45, 7) is 0.266. The van der Waals surface area contributed by atoms with Gasteiger partial charge in [0.15, 0.2) is 15.1 Å². The molecule has 0 bridgehead atoms. The molecular formula is C27H24F3N5O6S3. The summed E-state index contributed by atoms with van der Waals surface area (Å²) in [7, 11) is -2.62. The minimum absolute atomic E-state index is 0.0898. The first-order chi connectivity index (χ1) is 20.9. The van der Waals surface area contributed by atoms with Crippen LogP contribution in [0.1, 0.15) is 38.7 Å². The highest BCUT2D eigenvalue weighted by atomic mass is 32.2. The molecule has 2 aromatic heterocycles. The van der Waals surface area contributed by atoms with Crippen molar-refractivity contribution in [2.75, 3.05) is 7.11 Å². The predicted molar refractivity (Wildman–Crippen MR) is 157 cm³/mol. The highest BCUT2D eigenvalue weighted by molar-refractivity contribution is 7.91. The van der Waals surface area contributed by atoms with Crippen LogP contribution >= 0.6 is 11.3 Å². The maximum Gasteiger partial charge on any atom is 0.416 e. The number of hydrogen-bond donors (Lipinski definition) is 3. The average molecular weight is 668 g/mol. The summed E-state index contributed by atoms with van der Waals surface area (Å²) < 4.78 is 98.0. The second-order valence-electron chi connectivity index (χ2n) is 9.49. The van der Waals surface area contributed by atoms with Gasteiger partial charge in [-0.1, -0.05) is 42.5 Å². The van der Waals surface area contributed by atoms with E-state index in [1.165, 1.54) is 0 Å². The molecule has 3 aromatic carbocycles. The Hall–Kier alpha value is -3.58. The van der Waals surface area contributed by atoms with Gasteiger partial charge < -0.3 is 9.15 Å². The molecule has 2 heterocycles. The molecule has 44 heavy (non-hydrogen) atoms. The summed E-state index contributed by atoms with van der Waals surface area (Å²) in [6, 6.07) is 17.1. The first kappa shape index (κ1) is 31.8. The van der Waals surface area contributed by atoms with Crippen molar-refractivity contribution in [1.29, 1.82) is 0 Å². The number of hydrazine groups is 1. The lowest BCUT2D eigenvalue weighted by atomic mass is 10.0. The van der Waals surface area contributed by atoms with Gasteiger partial charge in [0.2, 0.25) is 23.0 Å². The number of nitrogens with one attached hydrogen (secondary N) is 2. The van der Waals surface area contributed by atoms with Gasteiger partial charge in [0, 0.05) is 7.11 Å². The highest BCUT2D eigenvalue weighted by Gasteiger charge is 2.37. The van der Waals surface area contributed by atoms with E-state index in [0.29, 0.717) is 16.8 Å². The Kier molecular flexibility index (Phi) is 9.54. The molecule has 0 fully saturated rings. The lowest BCUT2D eigenvalue weighted by Crippen LogP contribution is -2.32. The van der Waals surface area contributed by atoms with E-state index in [2.05, 4.69) is 20.6 Å². The maximum absolute atomic E-state index is 13.9. The zero-order chi connectivity index (χ0) is 31.5. The fourth-order valence-electron chi connectivity index (χ4n) is 4.33. The minimum atomic E-state index is -4.57. The lowest BCUT2D eigenvalue weighted by molar-refractivity contribution is -0.137. The molecule has 2 unspecified atom stereocenters. The molecule has 0 aliphatic heterocycles. The van der Waals surface area contributed by atoms with Crippen LogP contribution in [0.4, 0.5) is 13.2 Å². The van der Waals surface area contributed by atoms with Gasteiger partial charge in [-0.05, 0) is 46.5 Å². The Balaban J connectivity index is 1.50. The molecule has 0 aliphatic carbocycles. The number of thiazole rings is 1. The molecule has 232 valence electrons. The Labute approximate surface area is 255 Å². The van der Waals surface area contributed by atoms with Crippen LogP contribution in [0.5, 0.6) is 0 Å². The van der Waals surface area contributed by atoms with Crippen LogP contribution in [0.15, 0.2) is 71.1 Å². The SMILES string of the molecule is COCc1ccc(-c2ccc3nc(C(c4nnc(CNNS(=O)O)o4)S(=O)(=O)Cc4ccc(C(F)(F)F)cc4)sc3c2)cc1. The summed E-state index contributed by atoms with van der Waals surface area (Å²) in [5, 5.41) is 6.32. The van der Waals surface area contributed by atoms with E-state index < -0.39 is 43.8 Å². The number of fused-ring (bicyclic) bond motifs is 1. The summed E-state index contributed by atoms with van der Waals surface area (Å²) in [5.74, 6) is -1.04. The van der Waals surface area contributed by atoms with E-state index in [1.54, 1.807) is 13.2 Å². The van der Waals surface area contributed by atoms with Crippen LogP contribution < -0.4 is 10.3 Å². The Morgan fingerprint density at radius 3 is 2.36 bits per heavy atom. The van der Waals surface area contributed by atoms with Gasteiger partial charge >= 0.3 is 6.18 Å². The van der Waals surface area contributed by atoms with Crippen molar-refractivity contribution in [2.24, 2.45) is 0 Å². The van der Waals surface area contributed by atoms with E-state index >= 15 is 0 Å². The highest BCUT2D eigenvalue weighted by Crippen LogP contribution is 2.38. The van der Waals surface area contributed by atoms with Crippen LogP contribution in [0, 0.1) is 0 Å². The molecule has 0 saturated heterocycles. The smallest absolute Gasteiger partial charge is 0.416 e. The number of benzene rings is 3. The number of ether oxygens (including phenoxy) is 1. The van der Waals surface area contributed by atoms with Crippen LogP contribution in [0.2, 0.25) is 0 Å². The quantitative estimate of drug-likeness (QED) is 0.123. The van der Waals surface area contributed by atoms with E-state index in [1.807, 2.05) is 41.2 Å². The number of hydrogen-bond acceptors (Lipinski definition) is 10. The number of alkyl halides is 3. The molecule has 0 amide bonds. The largest absolute Gasteiger partial charge is 0.422 e. The zero-order valence-electron chi connectivity index (χ0n) is 22.7. The molecule has 17 heteroatoms. The van der Waals surface area contributed by atoms with Gasteiger partial charge in [-0.25, -0.2) is 23.0 Å². The molecular weight excluding hydrogens is 644 g/mol. The van der Waals surface area contributed by atoms with Gasteiger partial charge in [-0.2, -0.15) is 18.0 Å². The lowest BCUT2D eigenvalue weighted by Gasteiger charge is -2.13. The average Bonchev–Trinajstić information content (AvgIpc) is 3.59. The summed E-state index contributed by atoms with van der Waals surface area (Å²) >= 11 is -1.27. The second-order valence-corrected chi connectivity index (χ2v) is 13.3. The van der Waals surface area contributed by atoms with E-state index in [4.69, 9.17) is 13.7 Å². The van der Waals surface area contributed by atoms with E-state index in [9.17, 15) is 25.8 Å². The molecule has 5 rings (SSSR count). The van der Waals surface area contributed by atoms with Crippen molar-refractivity contribution < 1.29 is 39.5 Å². The summed E-state index contributed by atoms with van der Waals surface area (Å²) in [6.07, 6.45) is -4.57. The second kappa shape index (κ2) is 13.2. The van der Waals surface area contributed by atoms with Crippen molar-refractivity contribution in [2.45, 2.75) is 30.3 Å². The van der Waals surface area contributed by atoms with Crippen LogP contribution in [0.25, 0.3) is 21.3 Å². The maximum atomic E-state index is 13.9. The monoisotopic (exact) mass is 667 g/mol. The number of halogens is 3. The van der Waals surface area contributed by atoms with Gasteiger partial charge in [0.05, 0.1) is 34.7 Å². The first-order valence-electron chi connectivity index (χ1n) is 12.7. The Morgan fingerprint density at radius 2 is 1.70 bits per heavy atom. The molecule has 0 saturated carbocycles. The fourth-order valence-corrected chi connectivity index (χ4v) is 7.68. The summed E-state index contributed by atoms with van der Waals surface area (Å²) in [4.78, 5) is 6.58. The van der Waals surface area contributed by atoms with Crippen molar-refractivity contribution in [3.63, 3.8) is 0 Å². The normalized spacial score (nSPS) is 13.8. The molecule has 3 N–H and O–H groups in total. The van der Waals surface area contributed by atoms with E-state index in [-0.39, 0.29) is 28.9 Å². The molecule has 2 atom stereocenters. The molecule has 0 aliphatic rings. The van der Waals surface area contributed by atoms with E-state index in [0.717, 1.165) is 52.3 Å². The Morgan fingerprint density at radius 1 is 1.02 bits per heavy atom. The minimum Gasteiger partial charge on any atom is -0.422 e. The van der Waals surface area contributed by atoms with Crippen molar-refractivity contribution in [3.8, 4) is 11.1 Å². The Bertz CT molecular complexity index is 1880. The molecule has 5 aromatic rings. The summed E-state index contributed by atoms with van der Waals surface area (Å²) in [5.41, 5.74) is 4.94. The number of aromatic nitrogens is 3. The van der Waals surface area contributed by atoms with Crippen molar-refractivity contribution in [3.05, 3.63) is 100 Å². The fraction of sp³-hybridized carbons (Fsp3) is 0.222. The first-order valence-corrected chi connectivity index (χ1v) is 16.3. The van der Waals surface area contributed by atoms with Crippen molar-refractivity contribution >= 4 is 42.7 Å². The molecule has 0 radical (unpaired) electrons.